The van der Waals surface area contributed by atoms with Crippen molar-refractivity contribution in [1.29, 1.82) is 0 Å². The number of amides is 2. The molecule has 0 aliphatic heterocycles. The van der Waals surface area contributed by atoms with Crippen LogP contribution in [0, 0.1) is 7.14 Å². The molecule has 0 spiro atoms. The molecule has 0 unspecified atom stereocenters. The molecule has 0 aliphatic carbocycles. The standard InChI is InChI=1S/C34H40I2N4O2.ClH/c1-5-39(6-2)17-15-37-33(41)29-13-10-24-19-27(36)12-14-28(24)32(29)30-22-25-20-26(35)11-9-23(25)21-31(30)34(42)38-16-18-40(7-3)8-4;/h9-14,19-22H,5-8,15-18H2,1-4H3,(H,37,41)(H,38,42);1H. The van der Waals surface area contributed by atoms with E-state index in [1.54, 1.807) is 0 Å². The minimum atomic E-state index is -0.131. The van der Waals surface area contributed by atoms with Crippen LogP contribution in [0.4, 0.5) is 0 Å². The Kier molecular flexibility index (Phi) is 14.0. The van der Waals surface area contributed by atoms with E-state index in [-0.39, 0.29) is 24.2 Å². The summed E-state index contributed by atoms with van der Waals surface area (Å²) in [4.78, 5) is 32.2. The molecule has 0 aromatic heterocycles. The van der Waals surface area contributed by atoms with Gasteiger partial charge in [-0.25, -0.2) is 0 Å². The molecular formula is C34H41ClI2N4O2. The summed E-state index contributed by atoms with van der Waals surface area (Å²) >= 11 is 4.63. The number of fused-ring (bicyclic) bond motifs is 2. The summed E-state index contributed by atoms with van der Waals surface area (Å²) < 4.78 is 2.23. The zero-order valence-electron chi connectivity index (χ0n) is 25.3. The van der Waals surface area contributed by atoms with E-state index >= 15 is 0 Å². The number of rotatable bonds is 13. The largest absolute Gasteiger partial charge is 0.351 e. The van der Waals surface area contributed by atoms with E-state index in [1.807, 2.05) is 18.2 Å². The Hall–Kier alpha value is -1.99. The molecule has 0 atom stereocenters. The summed E-state index contributed by atoms with van der Waals surface area (Å²) in [7, 11) is 0. The van der Waals surface area contributed by atoms with Crippen molar-refractivity contribution in [1.82, 2.24) is 20.4 Å². The number of nitrogens with one attached hydrogen (secondary N) is 2. The van der Waals surface area contributed by atoms with E-state index in [2.05, 4.69) is 136 Å². The van der Waals surface area contributed by atoms with Crippen LogP contribution in [-0.2, 0) is 0 Å². The van der Waals surface area contributed by atoms with Crippen LogP contribution in [0.15, 0.2) is 60.7 Å². The predicted molar refractivity (Wildman–Crippen MR) is 200 cm³/mol. The highest BCUT2D eigenvalue weighted by Crippen LogP contribution is 2.37. The molecular weight excluding hydrogens is 786 g/mol. The molecule has 2 amide bonds. The van der Waals surface area contributed by atoms with Gasteiger partial charge in [0.1, 0.15) is 0 Å². The van der Waals surface area contributed by atoms with Crippen LogP contribution < -0.4 is 10.6 Å². The molecule has 0 fully saturated rings. The number of carbonyl (C=O) groups excluding carboxylic acids is 2. The highest BCUT2D eigenvalue weighted by Gasteiger charge is 2.22. The molecule has 0 radical (unpaired) electrons. The van der Waals surface area contributed by atoms with E-state index in [4.69, 9.17) is 0 Å². The van der Waals surface area contributed by atoms with Crippen molar-refractivity contribution in [2.75, 3.05) is 52.4 Å². The summed E-state index contributed by atoms with van der Waals surface area (Å²) in [5.74, 6) is -0.263. The number of benzene rings is 4. The Balaban J connectivity index is 0.00000506. The summed E-state index contributed by atoms with van der Waals surface area (Å²) in [5, 5.41) is 10.3. The second-order valence-electron chi connectivity index (χ2n) is 10.3. The number of hydrogen-bond acceptors (Lipinski definition) is 4. The summed E-state index contributed by atoms with van der Waals surface area (Å²) in [6, 6.07) is 20.4. The minimum absolute atomic E-state index is 0. The SMILES string of the molecule is CCN(CC)CCNC(=O)c1cc2ccc(I)cc2cc1-c1c(C(=O)NCCN(CC)CC)ccc2cc(I)ccc12.Cl. The van der Waals surface area contributed by atoms with Gasteiger partial charge in [-0.15, -0.1) is 12.4 Å². The van der Waals surface area contributed by atoms with Gasteiger partial charge in [0.2, 0.25) is 0 Å². The first-order chi connectivity index (χ1) is 20.3. The van der Waals surface area contributed by atoms with Gasteiger partial charge in [-0.2, -0.15) is 0 Å². The molecule has 2 N–H and O–H groups in total. The van der Waals surface area contributed by atoms with Crippen LogP contribution in [-0.4, -0.2) is 74.0 Å². The van der Waals surface area contributed by atoms with Gasteiger partial charge in [0.05, 0.1) is 0 Å². The maximum Gasteiger partial charge on any atom is 0.251 e. The highest BCUT2D eigenvalue weighted by molar-refractivity contribution is 14.1. The molecule has 6 nitrogen and oxygen atoms in total. The lowest BCUT2D eigenvalue weighted by atomic mass is 9.88. The van der Waals surface area contributed by atoms with Crippen LogP contribution in [0.2, 0.25) is 0 Å². The van der Waals surface area contributed by atoms with Gasteiger partial charge in [0.15, 0.2) is 0 Å². The van der Waals surface area contributed by atoms with Gasteiger partial charge < -0.3 is 20.4 Å². The number of hydrogen-bond donors (Lipinski definition) is 2. The van der Waals surface area contributed by atoms with Crippen molar-refractivity contribution in [2.24, 2.45) is 0 Å². The highest BCUT2D eigenvalue weighted by atomic mass is 127. The predicted octanol–water partition coefficient (Wildman–Crippen LogP) is 7.43. The van der Waals surface area contributed by atoms with Crippen LogP contribution in [0.1, 0.15) is 48.4 Å². The van der Waals surface area contributed by atoms with Crippen LogP contribution in [0.25, 0.3) is 32.7 Å². The Morgan fingerprint density at radius 3 is 1.72 bits per heavy atom. The van der Waals surface area contributed by atoms with Crippen LogP contribution in [0.5, 0.6) is 0 Å². The molecule has 0 heterocycles. The maximum absolute atomic E-state index is 13.9. The molecule has 4 aromatic rings. The smallest absolute Gasteiger partial charge is 0.251 e. The van der Waals surface area contributed by atoms with Crippen LogP contribution >= 0.6 is 57.6 Å². The van der Waals surface area contributed by atoms with Crippen molar-refractivity contribution in [3.8, 4) is 11.1 Å². The Morgan fingerprint density at radius 1 is 0.628 bits per heavy atom. The average molecular weight is 827 g/mol. The Bertz CT molecular complexity index is 1570. The lowest BCUT2D eigenvalue weighted by Gasteiger charge is -2.21. The molecule has 9 heteroatoms. The van der Waals surface area contributed by atoms with E-state index in [1.165, 1.54) is 0 Å². The van der Waals surface area contributed by atoms with Gasteiger partial charge in [-0.3, -0.25) is 9.59 Å². The molecule has 0 saturated carbocycles. The first-order valence-electron chi connectivity index (χ1n) is 14.8. The quantitative estimate of drug-likeness (QED) is 0.138. The van der Waals surface area contributed by atoms with E-state index in [0.29, 0.717) is 24.2 Å². The summed E-state index contributed by atoms with van der Waals surface area (Å²) in [6.45, 7) is 14.9. The lowest BCUT2D eigenvalue weighted by molar-refractivity contribution is 0.0939. The van der Waals surface area contributed by atoms with E-state index in [9.17, 15) is 9.59 Å². The lowest BCUT2D eigenvalue weighted by Crippen LogP contribution is -2.35. The average Bonchev–Trinajstić information content (AvgIpc) is 2.99. The number of nitrogens with zero attached hydrogens (tertiary/aromatic N) is 2. The van der Waals surface area contributed by atoms with Crippen molar-refractivity contribution < 1.29 is 9.59 Å². The van der Waals surface area contributed by atoms with Gasteiger partial charge in [-0.1, -0.05) is 45.9 Å². The summed E-state index contributed by atoms with van der Waals surface area (Å²) in [6.07, 6.45) is 0. The molecule has 0 saturated heterocycles. The van der Waals surface area contributed by atoms with Crippen molar-refractivity contribution in [3.05, 3.63) is 78.9 Å². The molecule has 230 valence electrons. The Labute approximate surface area is 289 Å². The van der Waals surface area contributed by atoms with Crippen molar-refractivity contribution in [2.45, 2.75) is 27.7 Å². The first-order valence-corrected chi connectivity index (χ1v) is 16.9. The molecule has 0 aliphatic rings. The third-order valence-corrected chi connectivity index (χ3v) is 9.24. The second-order valence-corrected chi connectivity index (χ2v) is 12.8. The van der Waals surface area contributed by atoms with Gasteiger partial charge in [0.25, 0.3) is 11.8 Å². The third kappa shape index (κ3) is 8.81. The van der Waals surface area contributed by atoms with E-state index < -0.39 is 0 Å². The molecule has 0 bridgehead atoms. The van der Waals surface area contributed by atoms with E-state index in [0.717, 1.165) is 79.1 Å². The maximum atomic E-state index is 13.9. The molecule has 4 rings (SSSR count). The van der Waals surface area contributed by atoms with Gasteiger partial charge >= 0.3 is 0 Å². The van der Waals surface area contributed by atoms with Gasteiger partial charge in [0, 0.05) is 50.0 Å². The number of likely N-dealkylation sites (N-methyl/N-ethyl adjacent to an activating group) is 2. The van der Waals surface area contributed by atoms with Gasteiger partial charge in [-0.05, 0) is 141 Å². The zero-order valence-corrected chi connectivity index (χ0v) is 30.4. The molecule has 43 heavy (non-hydrogen) atoms. The fraction of sp³-hybridized carbons (Fsp3) is 0.353. The zero-order chi connectivity index (χ0) is 30.2. The second kappa shape index (κ2) is 16.9. The normalized spacial score (nSPS) is 11.3. The van der Waals surface area contributed by atoms with Crippen LogP contribution in [0.3, 0.4) is 0 Å². The fourth-order valence-corrected chi connectivity index (χ4v) is 6.40. The minimum Gasteiger partial charge on any atom is -0.351 e. The number of carbonyl (C=O) groups is 2. The van der Waals surface area contributed by atoms with Crippen molar-refractivity contribution in [3.63, 3.8) is 0 Å². The number of halogens is 3. The third-order valence-electron chi connectivity index (χ3n) is 7.90. The molecule has 4 aromatic carbocycles. The monoisotopic (exact) mass is 826 g/mol. The Morgan fingerprint density at radius 2 is 1.14 bits per heavy atom. The van der Waals surface area contributed by atoms with Crippen molar-refractivity contribution >= 4 is 90.9 Å². The first kappa shape index (κ1) is 35.5. The summed E-state index contributed by atoms with van der Waals surface area (Å²) in [5.41, 5.74) is 2.71. The topological polar surface area (TPSA) is 64.7 Å². The fourth-order valence-electron chi connectivity index (χ4n) is 5.37.